The van der Waals surface area contributed by atoms with Crippen LogP contribution in [0.2, 0.25) is 0 Å². The lowest BCUT2D eigenvalue weighted by Gasteiger charge is -2.32. The summed E-state index contributed by atoms with van der Waals surface area (Å²) in [5.41, 5.74) is 0.624. The molecule has 0 bridgehead atoms. The molecule has 3 nitrogen and oxygen atoms in total. The van der Waals surface area contributed by atoms with Crippen molar-refractivity contribution in [1.29, 1.82) is 0 Å². The first-order valence-electron chi connectivity index (χ1n) is 5.98. The van der Waals surface area contributed by atoms with Crippen LogP contribution in [0.5, 0.6) is 0 Å². The summed E-state index contributed by atoms with van der Waals surface area (Å²) in [6.45, 7) is 9.98. The van der Waals surface area contributed by atoms with Gasteiger partial charge in [-0.15, -0.1) is 0 Å². The van der Waals surface area contributed by atoms with Crippen molar-refractivity contribution in [2.45, 2.75) is 46.6 Å². The molecule has 0 fully saturated rings. The van der Waals surface area contributed by atoms with Gasteiger partial charge >= 0.3 is 5.97 Å². The summed E-state index contributed by atoms with van der Waals surface area (Å²) in [4.78, 5) is 13.5. The van der Waals surface area contributed by atoms with Gasteiger partial charge < -0.3 is 5.11 Å². The Morgan fingerprint density at radius 2 is 2.19 bits per heavy atom. The first-order valence-corrected chi connectivity index (χ1v) is 5.98. The standard InChI is InChI=1S/C13H23NO2/c1-10(2)14-7-5-6-11(9-14)8-13(3,4)12(15)16/h6,10H,5,7-9H2,1-4H3,(H,15,16). The van der Waals surface area contributed by atoms with Crippen LogP contribution < -0.4 is 0 Å². The van der Waals surface area contributed by atoms with Crippen LogP contribution in [0.3, 0.4) is 0 Å². The molecule has 3 heteroatoms. The molecular formula is C13H23NO2. The van der Waals surface area contributed by atoms with E-state index in [-0.39, 0.29) is 0 Å². The minimum absolute atomic E-state index is 0.539. The highest BCUT2D eigenvalue weighted by atomic mass is 16.4. The molecule has 0 unspecified atom stereocenters. The van der Waals surface area contributed by atoms with Gasteiger partial charge in [-0.05, 0) is 40.5 Å². The van der Waals surface area contributed by atoms with E-state index >= 15 is 0 Å². The molecule has 1 heterocycles. The summed E-state index contributed by atoms with van der Waals surface area (Å²) < 4.78 is 0. The Labute approximate surface area is 98.1 Å². The van der Waals surface area contributed by atoms with Crippen LogP contribution in [0.1, 0.15) is 40.5 Å². The number of carbonyl (C=O) groups is 1. The van der Waals surface area contributed by atoms with Crippen LogP contribution in [0, 0.1) is 5.41 Å². The largest absolute Gasteiger partial charge is 0.481 e. The van der Waals surface area contributed by atoms with Gasteiger partial charge in [0.05, 0.1) is 5.41 Å². The second-order valence-corrected chi connectivity index (χ2v) is 5.58. The predicted molar refractivity (Wildman–Crippen MR) is 65.4 cm³/mol. The fourth-order valence-electron chi connectivity index (χ4n) is 2.05. The van der Waals surface area contributed by atoms with Crippen LogP contribution in [-0.2, 0) is 4.79 Å². The first-order chi connectivity index (χ1) is 7.33. The number of rotatable bonds is 4. The van der Waals surface area contributed by atoms with E-state index in [1.807, 2.05) is 0 Å². The van der Waals surface area contributed by atoms with Crippen molar-refractivity contribution in [3.8, 4) is 0 Å². The highest BCUT2D eigenvalue weighted by molar-refractivity contribution is 5.74. The lowest BCUT2D eigenvalue weighted by Crippen LogP contribution is -2.37. The lowest BCUT2D eigenvalue weighted by molar-refractivity contribution is -0.146. The van der Waals surface area contributed by atoms with Crippen molar-refractivity contribution < 1.29 is 9.90 Å². The van der Waals surface area contributed by atoms with E-state index in [9.17, 15) is 4.79 Å². The molecule has 0 aliphatic carbocycles. The molecule has 0 saturated carbocycles. The zero-order valence-electron chi connectivity index (χ0n) is 10.8. The Morgan fingerprint density at radius 1 is 1.56 bits per heavy atom. The molecule has 0 aromatic rings. The van der Waals surface area contributed by atoms with Crippen LogP contribution in [-0.4, -0.2) is 35.1 Å². The summed E-state index contributed by atoms with van der Waals surface area (Å²) in [6, 6.07) is 0.539. The summed E-state index contributed by atoms with van der Waals surface area (Å²) in [5, 5.41) is 9.11. The van der Waals surface area contributed by atoms with Gasteiger partial charge in [-0.3, -0.25) is 9.69 Å². The van der Waals surface area contributed by atoms with Crippen molar-refractivity contribution in [3.05, 3.63) is 11.6 Å². The molecule has 1 aliphatic rings. The second-order valence-electron chi connectivity index (χ2n) is 5.58. The van der Waals surface area contributed by atoms with Gasteiger partial charge in [0.25, 0.3) is 0 Å². The summed E-state index contributed by atoms with van der Waals surface area (Å²) in [5.74, 6) is -0.713. The molecule has 1 aliphatic heterocycles. The Bertz CT molecular complexity index is 292. The number of aliphatic carboxylic acids is 1. The Balaban J connectivity index is 2.62. The average molecular weight is 225 g/mol. The van der Waals surface area contributed by atoms with Crippen molar-refractivity contribution in [2.24, 2.45) is 5.41 Å². The van der Waals surface area contributed by atoms with Gasteiger partial charge in [-0.25, -0.2) is 0 Å². The lowest BCUT2D eigenvalue weighted by atomic mass is 9.84. The monoisotopic (exact) mass is 225 g/mol. The van der Waals surface area contributed by atoms with E-state index in [2.05, 4.69) is 24.8 Å². The molecule has 0 aromatic heterocycles. The first kappa shape index (κ1) is 13.2. The van der Waals surface area contributed by atoms with Crippen molar-refractivity contribution >= 4 is 5.97 Å². The number of hydrogen-bond donors (Lipinski definition) is 1. The smallest absolute Gasteiger partial charge is 0.309 e. The Hall–Kier alpha value is -0.830. The minimum atomic E-state index is -0.713. The molecule has 16 heavy (non-hydrogen) atoms. The van der Waals surface area contributed by atoms with Gasteiger partial charge in [-0.2, -0.15) is 0 Å². The van der Waals surface area contributed by atoms with Crippen LogP contribution >= 0.6 is 0 Å². The van der Waals surface area contributed by atoms with Crippen LogP contribution in [0.4, 0.5) is 0 Å². The minimum Gasteiger partial charge on any atom is -0.481 e. The van der Waals surface area contributed by atoms with Gasteiger partial charge in [0.15, 0.2) is 0 Å². The van der Waals surface area contributed by atoms with E-state index in [4.69, 9.17) is 5.11 Å². The van der Waals surface area contributed by atoms with Gasteiger partial charge in [0, 0.05) is 19.1 Å². The van der Waals surface area contributed by atoms with Crippen LogP contribution in [0.15, 0.2) is 11.6 Å². The Kier molecular flexibility index (Phi) is 4.14. The highest BCUT2D eigenvalue weighted by Gasteiger charge is 2.29. The number of hydrogen-bond acceptors (Lipinski definition) is 2. The fourth-order valence-corrected chi connectivity index (χ4v) is 2.05. The second kappa shape index (κ2) is 5.00. The van der Waals surface area contributed by atoms with Crippen LogP contribution in [0.25, 0.3) is 0 Å². The highest BCUT2D eigenvalue weighted by Crippen LogP contribution is 2.28. The molecule has 0 aromatic carbocycles. The third-order valence-corrected chi connectivity index (χ3v) is 3.23. The molecule has 0 atom stereocenters. The van der Waals surface area contributed by atoms with Crippen molar-refractivity contribution in [2.75, 3.05) is 13.1 Å². The van der Waals surface area contributed by atoms with E-state index in [1.54, 1.807) is 13.8 Å². The molecule has 0 radical (unpaired) electrons. The van der Waals surface area contributed by atoms with Gasteiger partial charge in [0.1, 0.15) is 0 Å². The maximum Gasteiger partial charge on any atom is 0.309 e. The number of carboxylic acids is 1. The zero-order chi connectivity index (χ0) is 12.3. The molecule has 1 rings (SSSR count). The Morgan fingerprint density at radius 3 is 2.69 bits per heavy atom. The maximum absolute atomic E-state index is 11.1. The van der Waals surface area contributed by atoms with Crippen molar-refractivity contribution in [3.63, 3.8) is 0 Å². The number of carboxylic acid groups (broad SMARTS) is 1. The molecule has 0 amide bonds. The molecule has 0 saturated heterocycles. The normalized spacial score (nSPS) is 18.7. The SMILES string of the molecule is CC(C)N1CCC=C(CC(C)(C)C(=O)O)C1. The van der Waals surface area contributed by atoms with E-state index in [1.165, 1.54) is 5.57 Å². The summed E-state index contributed by atoms with van der Waals surface area (Å²) in [7, 11) is 0. The van der Waals surface area contributed by atoms with E-state index in [0.717, 1.165) is 19.5 Å². The third-order valence-electron chi connectivity index (χ3n) is 3.23. The van der Waals surface area contributed by atoms with Gasteiger partial charge in [0.2, 0.25) is 0 Å². The topological polar surface area (TPSA) is 40.5 Å². The van der Waals surface area contributed by atoms with E-state index in [0.29, 0.717) is 12.5 Å². The quantitative estimate of drug-likeness (QED) is 0.747. The molecular weight excluding hydrogens is 202 g/mol. The molecule has 92 valence electrons. The zero-order valence-corrected chi connectivity index (χ0v) is 10.8. The summed E-state index contributed by atoms with van der Waals surface area (Å²) in [6.07, 6.45) is 3.92. The molecule has 1 N–H and O–H groups in total. The predicted octanol–water partition coefficient (Wildman–Crippen LogP) is 2.53. The number of nitrogens with zero attached hydrogens (tertiary/aromatic N) is 1. The maximum atomic E-state index is 11.1. The van der Waals surface area contributed by atoms with Gasteiger partial charge in [-0.1, -0.05) is 11.6 Å². The molecule has 0 spiro atoms. The third kappa shape index (κ3) is 3.34. The van der Waals surface area contributed by atoms with E-state index < -0.39 is 11.4 Å². The fraction of sp³-hybridized carbons (Fsp3) is 0.769. The summed E-state index contributed by atoms with van der Waals surface area (Å²) >= 11 is 0. The average Bonchev–Trinajstić information content (AvgIpc) is 2.17. The van der Waals surface area contributed by atoms with Crippen molar-refractivity contribution in [1.82, 2.24) is 4.90 Å².